The predicted molar refractivity (Wildman–Crippen MR) is 150 cm³/mol. The standard InChI is InChI=1S/C25H23ClN8O6S/c1-40-25(37)28-18-7-3-15(4-8-18)19-12-20(30-31-24(19)36)21(13-41(2,38)39)29-23(35)10-5-16-11-17(26)6-9-22(16)34-14-27-32-33-34/h3-12,14,21H,13H2,1-2H3,(H,28,37)(H,29,35)(H,31,36)/b10-5+/t21-/m0/s1. The Morgan fingerprint density at radius 1 is 1.17 bits per heavy atom. The molecule has 0 aliphatic heterocycles. The summed E-state index contributed by atoms with van der Waals surface area (Å²) in [4.78, 5) is 36.9. The highest BCUT2D eigenvalue weighted by atomic mass is 35.5. The smallest absolute Gasteiger partial charge is 0.411 e. The number of carbonyl (C=O) groups is 2. The maximum Gasteiger partial charge on any atom is 0.411 e. The number of hydrogen-bond acceptors (Lipinski definition) is 10. The number of methoxy groups -OCH3 is 1. The van der Waals surface area contributed by atoms with Crippen LogP contribution in [0.15, 0.2) is 65.7 Å². The number of nitrogens with one attached hydrogen (secondary N) is 3. The van der Waals surface area contributed by atoms with Crippen LogP contribution in [0.25, 0.3) is 22.9 Å². The van der Waals surface area contributed by atoms with E-state index >= 15 is 0 Å². The van der Waals surface area contributed by atoms with Gasteiger partial charge in [0.05, 0.1) is 35.8 Å². The molecule has 14 nitrogen and oxygen atoms in total. The van der Waals surface area contributed by atoms with Crippen LogP contribution < -0.4 is 16.2 Å². The van der Waals surface area contributed by atoms with Gasteiger partial charge in [-0.2, -0.15) is 9.78 Å². The summed E-state index contributed by atoms with van der Waals surface area (Å²) in [5.74, 6) is -1.12. The number of sulfone groups is 1. The fraction of sp³-hybridized carbons (Fsp3) is 0.160. The average Bonchev–Trinajstić information content (AvgIpc) is 3.46. The van der Waals surface area contributed by atoms with E-state index < -0.39 is 39.2 Å². The average molecular weight is 599 g/mol. The van der Waals surface area contributed by atoms with Crippen molar-refractivity contribution >= 4 is 45.2 Å². The van der Waals surface area contributed by atoms with Gasteiger partial charge in [0.2, 0.25) is 5.91 Å². The number of amides is 2. The van der Waals surface area contributed by atoms with Crippen LogP contribution >= 0.6 is 11.6 Å². The van der Waals surface area contributed by atoms with E-state index in [1.165, 1.54) is 36.3 Å². The lowest BCUT2D eigenvalue weighted by atomic mass is 10.1. The van der Waals surface area contributed by atoms with Crippen molar-refractivity contribution in [2.75, 3.05) is 24.4 Å². The number of H-pyrrole nitrogens is 1. The molecule has 0 spiro atoms. The van der Waals surface area contributed by atoms with E-state index in [1.807, 2.05) is 0 Å². The number of aromatic amines is 1. The minimum absolute atomic E-state index is 0.112. The van der Waals surface area contributed by atoms with Crippen LogP contribution in [-0.2, 0) is 19.4 Å². The SMILES string of the molecule is COC(=O)Nc1ccc(-c2cc([C@H](CS(C)(=O)=O)NC(=O)/C=C/c3cc(Cl)ccc3-n3cnnn3)n[nH]c2=O)cc1. The highest BCUT2D eigenvalue weighted by molar-refractivity contribution is 7.90. The Hall–Kier alpha value is -4.89. The van der Waals surface area contributed by atoms with E-state index in [0.717, 1.165) is 6.26 Å². The number of nitrogens with zero attached hydrogens (tertiary/aromatic N) is 5. The highest BCUT2D eigenvalue weighted by Gasteiger charge is 2.22. The van der Waals surface area contributed by atoms with Crippen molar-refractivity contribution in [1.29, 1.82) is 0 Å². The Kier molecular flexibility index (Phi) is 8.89. The van der Waals surface area contributed by atoms with Crippen molar-refractivity contribution in [3.63, 3.8) is 0 Å². The van der Waals surface area contributed by atoms with E-state index in [4.69, 9.17) is 11.6 Å². The second-order valence-corrected chi connectivity index (χ2v) is 11.3. The lowest BCUT2D eigenvalue weighted by molar-refractivity contribution is -0.117. The number of benzene rings is 2. The lowest BCUT2D eigenvalue weighted by Crippen LogP contribution is -2.33. The molecule has 0 unspecified atom stereocenters. The van der Waals surface area contributed by atoms with Crippen molar-refractivity contribution in [3.05, 3.63) is 87.6 Å². The lowest BCUT2D eigenvalue weighted by Gasteiger charge is -2.17. The Morgan fingerprint density at radius 2 is 1.93 bits per heavy atom. The van der Waals surface area contributed by atoms with E-state index in [2.05, 4.69) is 41.1 Å². The van der Waals surface area contributed by atoms with Gasteiger partial charge >= 0.3 is 6.09 Å². The summed E-state index contributed by atoms with van der Waals surface area (Å²) in [6.45, 7) is 0. The minimum Gasteiger partial charge on any atom is -0.453 e. The molecule has 0 bridgehead atoms. The number of halogens is 1. The number of aromatic nitrogens is 6. The first kappa shape index (κ1) is 29.1. The zero-order valence-corrected chi connectivity index (χ0v) is 23.2. The molecule has 0 aliphatic rings. The summed E-state index contributed by atoms with van der Waals surface area (Å²) in [7, 11) is -2.37. The van der Waals surface area contributed by atoms with Gasteiger partial charge in [0, 0.05) is 28.6 Å². The maximum absolute atomic E-state index is 12.9. The molecule has 4 aromatic rings. The zero-order chi connectivity index (χ0) is 29.6. The predicted octanol–water partition coefficient (Wildman–Crippen LogP) is 2.16. The van der Waals surface area contributed by atoms with Crippen molar-refractivity contribution < 1.29 is 22.7 Å². The molecule has 0 saturated carbocycles. The molecule has 2 amide bonds. The largest absolute Gasteiger partial charge is 0.453 e. The topological polar surface area (TPSA) is 191 Å². The van der Waals surface area contributed by atoms with Gasteiger partial charge in [0.25, 0.3) is 5.56 Å². The number of hydrogen-bond donors (Lipinski definition) is 3. The molecule has 41 heavy (non-hydrogen) atoms. The summed E-state index contributed by atoms with van der Waals surface area (Å²) < 4.78 is 30.4. The molecule has 212 valence electrons. The van der Waals surface area contributed by atoms with Gasteiger partial charge in [-0.25, -0.2) is 18.3 Å². The molecule has 0 radical (unpaired) electrons. The van der Waals surface area contributed by atoms with Gasteiger partial charge in [-0.3, -0.25) is 14.9 Å². The van der Waals surface area contributed by atoms with E-state index in [-0.39, 0.29) is 11.3 Å². The van der Waals surface area contributed by atoms with Crippen LogP contribution in [0.1, 0.15) is 17.3 Å². The first-order valence-electron chi connectivity index (χ1n) is 11.8. The Labute approximate surface area is 238 Å². The minimum atomic E-state index is -3.60. The molecule has 3 N–H and O–H groups in total. The third-order valence-electron chi connectivity index (χ3n) is 5.59. The second-order valence-electron chi connectivity index (χ2n) is 8.67. The normalized spacial score (nSPS) is 12.2. The molecular weight excluding hydrogens is 576 g/mol. The fourth-order valence-corrected chi connectivity index (χ4v) is 4.78. The number of tetrazole rings is 1. The third-order valence-corrected chi connectivity index (χ3v) is 6.77. The molecule has 0 aliphatic carbocycles. The Bertz CT molecular complexity index is 1760. The van der Waals surface area contributed by atoms with Crippen LogP contribution in [0.2, 0.25) is 5.02 Å². The molecule has 4 rings (SSSR count). The molecular formula is C25H23ClN8O6S. The molecule has 16 heteroatoms. The Morgan fingerprint density at radius 3 is 2.59 bits per heavy atom. The van der Waals surface area contributed by atoms with Crippen LogP contribution in [0.5, 0.6) is 0 Å². The summed E-state index contributed by atoms with van der Waals surface area (Å²) in [6.07, 6.45) is 4.43. The van der Waals surface area contributed by atoms with Crippen LogP contribution in [0.3, 0.4) is 0 Å². The maximum atomic E-state index is 12.9. The first-order valence-corrected chi connectivity index (χ1v) is 14.2. The number of anilines is 1. The highest BCUT2D eigenvalue weighted by Crippen LogP contribution is 2.23. The van der Waals surface area contributed by atoms with Crippen molar-refractivity contribution in [2.24, 2.45) is 0 Å². The summed E-state index contributed by atoms with van der Waals surface area (Å²) >= 11 is 6.12. The molecule has 0 fully saturated rings. The zero-order valence-electron chi connectivity index (χ0n) is 21.6. The number of carbonyl (C=O) groups excluding carboxylic acids is 2. The summed E-state index contributed by atoms with van der Waals surface area (Å²) in [5.41, 5.74) is 1.72. The van der Waals surface area contributed by atoms with Gasteiger partial charge in [0.15, 0.2) is 0 Å². The molecule has 0 saturated heterocycles. The van der Waals surface area contributed by atoms with E-state index in [9.17, 15) is 22.8 Å². The second kappa shape index (κ2) is 12.5. The summed E-state index contributed by atoms with van der Waals surface area (Å²) in [5, 5.41) is 22.9. The molecule has 1 atom stereocenters. The first-order chi connectivity index (χ1) is 19.5. The number of rotatable bonds is 9. The summed E-state index contributed by atoms with van der Waals surface area (Å²) in [6, 6.07) is 11.5. The van der Waals surface area contributed by atoms with E-state index in [1.54, 1.807) is 42.5 Å². The van der Waals surface area contributed by atoms with Gasteiger partial charge in [-0.1, -0.05) is 23.7 Å². The fourth-order valence-electron chi connectivity index (χ4n) is 3.74. The monoisotopic (exact) mass is 598 g/mol. The van der Waals surface area contributed by atoms with Crippen LogP contribution in [0.4, 0.5) is 10.5 Å². The molecule has 2 aromatic carbocycles. The van der Waals surface area contributed by atoms with Crippen molar-refractivity contribution in [2.45, 2.75) is 6.04 Å². The van der Waals surface area contributed by atoms with Crippen LogP contribution in [0, 0.1) is 0 Å². The van der Waals surface area contributed by atoms with Gasteiger partial charge in [-0.05, 0) is 58.5 Å². The number of ether oxygens (including phenoxy) is 1. The van der Waals surface area contributed by atoms with Crippen LogP contribution in [-0.4, -0.2) is 69.9 Å². The van der Waals surface area contributed by atoms with Gasteiger partial charge in [0.1, 0.15) is 16.2 Å². The third kappa shape index (κ3) is 7.83. The van der Waals surface area contributed by atoms with Crippen molar-refractivity contribution in [1.82, 2.24) is 35.7 Å². The quantitative estimate of drug-likeness (QED) is 0.240. The van der Waals surface area contributed by atoms with Gasteiger partial charge < -0.3 is 10.1 Å². The molecule has 2 heterocycles. The Balaban J connectivity index is 1.60. The molecule has 2 aromatic heterocycles. The van der Waals surface area contributed by atoms with Gasteiger partial charge in [-0.15, -0.1) is 5.10 Å². The van der Waals surface area contributed by atoms with Crippen molar-refractivity contribution in [3.8, 4) is 16.8 Å². The van der Waals surface area contributed by atoms with E-state index in [0.29, 0.717) is 27.5 Å².